The molecule has 2 aliphatic rings. The molecule has 0 N–H and O–H groups in total. The number of hydrogen-bond acceptors (Lipinski definition) is 4. The molecule has 1 aromatic heterocycles. The number of carbonyl (C=O) groups excluding carboxylic acids is 2. The van der Waals surface area contributed by atoms with Gasteiger partial charge in [-0.1, -0.05) is 0 Å². The molecule has 2 saturated heterocycles. The minimum absolute atomic E-state index is 0.0811. The molecule has 0 aromatic carbocycles. The maximum Gasteiger partial charge on any atom is 0.266 e. The third-order valence-corrected chi connectivity index (χ3v) is 6.16. The Hall–Kier alpha value is -1.43. The van der Waals surface area contributed by atoms with Crippen LogP contribution in [0.2, 0.25) is 0 Å². The number of aryl methyl sites for hydroxylation is 1. The minimum atomic E-state index is -0.254. The zero-order valence-corrected chi connectivity index (χ0v) is 14.3. The molecule has 5 nitrogen and oxygen atoms in total. The summed E-state index contributed by atoms with van der Waals surface area (Å²) in [7, 11) is 0. The van der Waals surface area contributed by atoms with E-state index < -0.39 is 0 Å². The first kappa shape index (κ1) is 15.5. The molecule has 6 heteroatoms. The number of nitrogens with zero attached hydrogens (tertiary/aromatic N) is 3. The van der Waals surface area contributed by atoms with Crippen LogP contribution in [0.5, 0.6) is 0 Å². The average Bonchev–Trinajstić information content (AvgIpc) is 2.90. The van der Waals surface area contributed by atoms with Crippen molar-refractivity contribution in [3.63, 3.8) is 0 Å². The number of amides is 2. The van der Waals surface area contributed by atoms with Crippen molar-refractivity contribution < 1.29 is 9.59 Å². The summed E-state index contributed by atoms with van der Waals surface area (Å²) >= 11 is 1.41. The van der Waals surface area contributed by atoms with Gasteiger partial charge in [0.15, 0.2) is 0 Å². The van der Waals surface area contributed by atoms with Crippen molar-refractivity contribution in [1.29, 1.82) is 0 Å². The highest BCUT2D eigenvalue weighted by atomic mass is 32.1. The minimum Gasteiger partial charge on any atom is -0.338 e. The van der Waals surface area contributed by atoms with E-state index in [9.17, 15) is 9.59 Å². The number of fused-ring (bicyclic) bond motifs is 1. The number of aromatic nitrogens is 1. The molecule has 0 spiro atoms. The molecule has 2 atom stereocenters. The number of thiazole rings is 1. The van der Waals surface area contributed by atoms with E-state index in [2.05, 4.69) is 11.9 Å². The van der Waals surface area contributed by atoms with Crippen molar-refractivity contribution in [2.24, 2.45) is 0 Å². The normalized spacial score (nSPS) is 28.4. The van der Waals surface area contributed by atoms with Crippen LogP contribution in [0.4, 0.5) is 0 Å². The zero-order chi connectivity index (χ0) is 15.9. The van der Waals surface area contributed by atoms with Gasteiger partial charge in [-0.2, -0.15) is 0 Å². The Labute approximate surface area is 135 Å². The fourth-order valence-corrected chi connectivity index (χ4v) is 4.84. The smallest absolute Gasteiger partial charge is 0.266 e. The van der Waals surface area contributed by atoms with Crippen LogP contribution in [0.15, 0.2) is 5.51 Å². The van der Waals surface area contributed by atoms with Crippen LogP contribution in [-0.2, 0) is 4.79 Å². The maximum atomic E-state index is 13.0. The lowest BCUT2D eigenvalue weighted by molar-refractivity contribution is -0.140. The van der Waals surface area contributed by atoms with Gasteiger partial charge in [0, 0.05) is 20.0 Å². The first-order valence-corrected chi connectivity index (χ1v) is 8.82. The lowest BCUT2D eigenvalue weighted by Gasteiger charge is -2.56. The third-order valence-electron chi connectivity index (χ3n) is 5.24. The van der Waals surface area contributed by atoms with Gasteiger partial charge in [-0.25, -0.2) is 4.98 Å². The summed E-state index contributed by atoms with van der Waals surface area (Å²) in [4.78, 5) is 33.9. The Balaban J connectivity index is 1.93. The number of hydrogen-bond donors (Lipinski definition) is 0. The van der Waals surface area contributed by atoms with E-state index in [1.165, 1.54) is 11.3 Å². The Morgan fingerprint density at radius 3 is 2.77 bits per heavy atom. The van der Waals surface area contributed by atoms with E-state index in [0.29, 0.717) is 0 Å². The van der Waals surface area contributed by atoms with Gasteiger partial charge < -0.3 is 9.80 Å². The van der Waals surface area contributed by atoms with Crippen LogP contribution in [0.3, 0.4) is 0 Å². The van der Waals surface area contributed by atoms with Crippen molar-refractivity contribution >= 4 is 23.2 Å². The van der Waals surface area contributed by atoms with Gasteiger partial charge in [0.05, 0.1) is 22.8 Å². The van der Waals surface area contributed by atoms with E-state index in [4.69, 9.17) is 0 Å². The Kier molecular flexibility index (Phi) is 3.97. The number of piperidine rings is 2. The Morgan fingerprint density at radius 1 is 1.36 bits per heavy atom. The van der Waals surface area contributed by atoms with Crippen LogP contribution in [-0.4, -0.2) is 51.3 Å². The summed E-state index contributed by atoms with van der Waals surface area (Å²) in [5.41, 5.74) is 2.28. The zero-order valence-electron chi connectivity index (χ0n) is 13.5. The van der Waals surface area contributed by atoms with Crippen LogP contribution in [0, 0.1) is 6.92 Å². The topological polar surface area (TPSA) is 53.5 Å². The highest BCUT2D eigenvalue weighted by Gasteiger charge is 2.50. The highest BCUT2D eigenvalue weighted by Crippen LogP contribution is 2.40. The fraction of sp³-hybridized carbons (Fsp3) is 0.688. The molecule has 22 heavy (non-hydrogen) atoms. The molecule has 1 aromatic rings. The number of carbonyl (C=O) groups is 2. The molecular weight excluding hydrogens is 298 g/mol. The van der Waals surface area contributed by atoms with E-state index in [0.717, 1.165) is 49.3 Å². The molecule has 0 bridgehead atoms. The van der Waals surface area contributed by atoms with Gasteiger partial charge in [-0.15, -0.1) is 11.3 Å². The fourth-order valence-electron chi connectivity index (χ4n) is 4.09. The first-order chi connectivity index (χ1) is 10.4. The summed E-state index contributed by atoms with van der Waals surface area (Å²) in [6, 6.07) is 0.143. The molecule has 0 radical (unpaired) electrons. The number of likely N-dealkylation sites (tertiary alicyclic amines) is 2. The van der Waals surface area contributed by atoms with Crippen LogP contribution >= 0.6 is 11.3 Å². The molecule has 0 unspecified atom stereocenters. The van der Waals surface area contributed by atoms with Crippen LogP contribution in [0.25, 0.3) is 0 Å². The summed E-state index contributed by atoms with van der Waals surface area (Å²) in [5, 5.41) is 0. The molecule has 120 valence electrons. The summed E-state index contributed by atoms with van der Waals surface area (Å²) in [6.45, 7) is 7.27. The van der Waals surface area contributed by atoms with E-state index in [1.807, 2.05) is 16.7 Å². The Bertz CT molecular complexity index is 600. The molecular formula is C16H23N3O2S. The second-order valence-electron chi connectivity index (χ2n) is 6.55. The highest BCUT2D eigenvalue weighted by molar-refractivity contribution is 7.11. The monoisotopic (exact) mass is 321 g/mol. The predicted octanol–water partition coefficient (Wildman–Crippen LogP) is 2.46. The van der Waals surface area contributed by atoms with Gasteiger partial charge in [-0.05, 0) is 39.5 Å². The van der Waals surface area contributed by atoms with Crippen molar-refractivity contribution in [2.75, 3.05) is 13.1 Å². The van der Waals surface area contributed by atoms with Gasteiger partial charge >= 0.3 is 0 Å². The van der Waals surface area contributed by atoms with Gasteiger partial charge in [0.25, 0.3) is 5.91 Å². The average molecular weight is 321 g/mol. The summed E-state index contributed by atoms with van der Waals surface area (Å²) < 4.78 is 0. The molecule has 0 saturated carbocycles. The second kappa shape index (κ2) is 5.65. The Morgan fingerprint density at radius 2 is 2.14 bits per heavy atom. The van der Waals surface area contributed by atoms with Gasteiger partial charge in [-0.3, -0.25) is 9.59 Å². The maximum absolute atomic E-state index is 13.0. The van der Waals surface area contributed by atoms with Crippen LogP contribution < -0.4 is 0 Å². The van der Waals surface area contributed by atoms with Crippen molar-refractivity contribution in [2.45, 2.75) is 58.0 Å². The molecule has 3 heterocycles. The van der Waals surface area contributed by atoms with Crippen molar-refractivity contribution in [1.82, 2.24) is 14.8 Å². The first-order valence-electron chi connectivity index (χ1n) is 7.94. The number of rotatable bonds is 1. The third kappa shape index (κ3) is 2.33. The standard InChI is InChI=1S/C16H23N3O2S/c1-11-14(22-10-17-11)15(21)19-9-4-6-13-16(19,3)7-5-8-18(13)12(2)20/h10,13H,4-9H2,1-3H3/t13-,16+/m1/s1. The SMILES string of the molecule is CC(=O)N1CCC[C@@]2(C)[C@H]1CCCN2C(=O)c1scnc1C. The van der Waals surface area contributed by atoms with E-state index >= 15 is 0 Å². The largest absolute Gasteiger partial charge is 0.338 e. The molecule has 0 aliphatic carbocycles. The lowest BCUT2D eigenvalue weighted by Crippen LogP contribution is -2.68. The van der Waals surface area contributed by atoms with E-state index in [1.54, 1.807) is 12.4 Å². The van der Waals surface area contributed by atoms with Crippen molar-refractivity contribution in [3.05, 3.63) is 16.1 Å². The molecule has 2 amide bonds. The van der Waals surface area contributed by atoms with Crippen molar-refractivity contribution in [3.8, 4) is 0 Å². The van der Waals surface area contributed by atoms with Crippen LogP contribution in [0.1, 0.15) is 54.9 Å². The molecule has 3 rings (SSSR count). The van der Waals surface area contributed by atoms with Gasteiger partial charge in [0.2, 0.25) is 5.91 Å². The molecule has 2 aliphatic heterocycles. The predicted molar refractivity (Wildman–Crippen MR) is 85.9 cm³/mol. The van der Waals surface area contributed by atoms with E-state index in [-0.39, 0.29) is 23.4 Å². The second-order valence-corrected chi connectivity index (χ2v) is 7.41. The summed E-state index contributed by atoms with van der Waals surface area (Å²) in [6.07, 6.45) is 3.86. The van der Waals surface area contributed by atoms with Gasteiger partial charge in [0.1, 0.15) is 4.88 Å². The molecule has 2 fully saturated rings. The lowest BCUT2D eigenvalue weighted by atomic mass is 9.76. The summed E-state index contributed by atoms with van der Waals surface area (Å²) in [5.74, 6) is 0.205. The quantitative estimate of drug-likeness (QED) is 0.798.